The summed E-state index contributed by atoms with van der Waals surface area (Å²) < 4.78 is 28.4. The van der Waals surface area contributed by atoms with Crippen molar-refractivity contribution >= 4 is 18.1 Å². The van der Waals surface area contributed by atoms with Crippen LogP contribution in [0.15, 0.2) is 48.5 Å². The molecule has 2 aromatic rings. The van der Waals surface area contributed by atoms with E-state index in [1.54, 1.807) is 42.2 Å². The fourth-order valence-corrected chi connectivity index (χ4v) is 5.59. The van der Waals surface area contributed by atoms with Crippen LogP contribution in [0.5, 0.6) is 11.5 Å². The van der Waals surface area contributed by atoms with Crippen molar-refractivity contribution in [3.05, 3.63) is 59.7 Å². The summed E-state index contributed by atoms with van der Waals surface area (Å²) in [4.78, 5) is 43.9. The Morgan fingerprint density at radius 2 is 1.72 bits per heavy atom. The first kappa shape index (κ1) is 37.5. The average Bonchev–Trinajstić information content (AvgIpc) is 3.46. The predicted molar refractivity (Wildman–Crippen MR) is 180 cm³/mol. The largest absolute Gasteiger partial charge is 0.493 e. The average molecular weight is 656 g/mol. The van der Waals surface area contributed by atoms with Crippen LogP contribution in [0.25, 0.3) is 0 Å². The van der Waals surface area contributed by atoms with Gasteiger partial charge in [0.2, 0.25) is 0 Å². The van der Waals surface area contributed by atoms with Crippen LogP contribution in [0.3, 0.4) is 0 Å². The zero-order valence-electron chi connectivity index (χ0n) is 29.2. The Bertz CT molecular complexity index is 1300. The quantitative estimate of drug-likeness (QED) is 0.222. The molecule has 0 spiro atoms. The highest BCUT2D eigenvalue weighted by Crippen LogP contribution is 2.39. The third-order valence-corrected chi connectivity index (χ3v) is 7.89. The Kier molecular flexibility index (Phi) is 14.2. The van der Waals surface area contributed by atoms with Crippen molar-refractivity contribution in [1.29, 1.82) is 0 Å². The van der Waals surface area contributed by atoms with Crippen molar-refractivity contribution in [2.24, 2.45) is 11.8 Å². The van der Waals surface area contributed by atoms with Crippen molar-refractivity contribution in [1.82, 2.24) is 15.1 Å². The second-order valence-corrected chi connectivity index (χ2v) is 13.1. The second kappa shape index (κ2) is 17.8. The molecular weight excluding hydrogens is 602 g/mol. The molecule has 1 fully saturated rings. The number of carbonyl (C=O) groups excluding carboxylic acids is 3. The molecule has 3 amide bonds. The number of nitrogens with zero attached hydrogens (tertiary/aromatic N) is 2. The summed E-state index contributed by atoms with van der Waals surface area (Å²) in [6.07, 6.45) is -0.180. The van der Waals surface area contributed by atoms with E-state index in [4.69, 9.17) is 23.7 Å². The van der Waals surface area contributed by atoms with E-state index >= 15 is 0 Å². The molecule has 1 heterocycles. The minimum absolute atomic E-state index is 0.171. The minimum atomic E-state index is -0.683. The fourth-order valence-electron chi connectivity index (χ4n) is 5.59. The van der Waals surface area contributed by atoms with Gasteiger partial charge < -0.3 is 38.8 Å². The number of hydrogen-bond acceptors (Lipinski definition) is 8. The van der Waals surface area contributed by atoms with Gasteiger partial charge >= 0.3 is 12.2 Å². The number of likely N-dealkylation sites (tertiary alicyclic amines) is 1. The lowest BCUT2D eigenvalue weighted by atomic mass is 9.86. The van der Waals surface area contributed by atoms with Gasteiger partial charge in [0.25, 0.3) is 5.91 Å². The first-order chi connectivity index (χ1) is 22.4. The molecule has 47 heavy (non-hydrogen) atoms. The standard InChI is InChI=1S/C36H53N3O8/c1-9-18-37-34(41)46-32(26-14-11-10-12-15-26)29-24-38(35(42)47-36(4,5)6)22-28(29)23-39(25(2)3)33(40)27-16-17-30(44-8)31(21-27)45-20-13-19-43-7/h10-12,14-17,21,25,28-29,32H,9,13,18-20,22-24H2,1-8H3,(H,37,41)/t28-,29+,32+/m0/s1. The molecule has 0 aliphatic carbocycles. The van der Waals surface area contributed by atoms with Crippen LogP contribution in [-0.2, 0) is 14.2 Å². The molecule has 1 saturated heterocycles. The summed E-state index contributed by atoms with van der Waals surface area (Å²) in [6.45, 7) is 13.8. The maximum atomic E-state index is 14.2. The SMILES string of the molecule is CCCNC(=O)O[C@H](c1ccccc1)[C@@H]1CN(C(=O)OC(C)(C)C)C[C@H]1CN(C(=O)c1ccc(OC)c(OCCCOC)c1)C(C)C. The van der Waals surface area contributed by atoms with E-state index in [-0.39, 0.29) is 23.8 Å². The van der Waals surface area contributed by atoms with Gasteiger partial charge in [0, 0.05) is 69.8 Å². The van der Waals surface area contributed by atoms with Crippen molar-refractivity contribution in [2.45, 2.75) is 72.1 Å². The van der Waals surface area contributed by atoms with E-state index in [1.807, 2.05) is 71.9 Å². The third-order valence-electron chi connectivity index (χ3n) is 7.89. The lowest BCUT2D eigenvalue weighted by molar-refractivity contribution is 0.0250. The Balaban J connectivity index is 1.96. The molecule has 0 aromatic heterocycles. The minimum Gasteiger partial charge on any atom is -0.493 e. The molecule has 260 valence electrons. The molecule has 11 heteroatoms. The number of methoxy groups -OCH3 is 2. The van der Waals surface area contributed by atoms with Crippen LogP contribution in [0, 0.1) is 11.8 Å². The second-order valence-electron chi connectivity index (χ2n) is 13.1. The number of benzene rings is 2. The predicted octanol–water partition coefficient (Wildman–Crippen LogP) is 6.32. The van der Waals surface area contributed by atoms with Gasteiger partial charge in [0.15, 0.2) is 11.5 Å². The number of nitrogens with one attached hydrogen (secondary N) is 1. The highest BCUT2D eigenvalue weighted by atomic mass is 16.6. The van der Waals surface area contributed by atoms with Gasteiger partial charge in [-0.15, -0.1) is 0 Å². The van der Waals surface area contributed by atoms with Gasteiger partial charge in [-0.1, -0.05) is 37.3 Å². The lowest BCUT2D eigenvalue weighted by Gasteiger charge is -2.34. The Morgan fingerprint density at radius 1 is 1.00 bits per heavy atom. The molecule has 2 aromatic carbocycles. The normalized spacial score (nSPS) is 16.8. The molecule has 1 N–H and O–H groups in total. The van der Waals surface area contributed by atoms with Crippen molar-refractivity contribution in [3.8, 4) is 11.5 Å². The summed E-state index contributed by atoms with van der Waals surface area (Å²) in [7, 11) is 3.20. The number of carbonyl (C=O) groups is 3. The fraction of sp³-hybridized carbons (Fsp3) is 0.583. The molecule has 3 rings (SSSR count). The Morgan fingerprint density at radius 3 is 2.34 bits per heavy atom. The summed E-state index contributed by atoms with van der Waals surface area (Å²) in [6, 6.07) is 14.5. The highest BCUT2D eigenvalue weighted by Gasteiger charge is 2.44. The first-order valence-electron chi connectivity index (χ1n) is 16.5. The van der Waals surface area contributed by atoms with E-state index in [0.29, 0.717) is 62.9 Å². The van der Waals surface area contributed by atoms with Gasteiger partial charge in [0.05, 0.1) is 13.7 Å². The third kappa shape index (κ3) is 11.1. The zero-order valence-corrected chi connectivity index (χ0v) is 29.2. The topological polar surface area (TPSA) is 116 Å². The lowest BCUT2D eigenvalue weighted by Crippen LogP contribution is -2.43. The van der Waals surface area contributed by atoms with E-state index in [0.717, 1.165) is 12.0 Å². The molecule has 1 aliphatic heterocycles. The van der Waals surface area contributed by atoms with Crippen LogP contribution in [-0.4, -0.2) is 93.1 Å². The van der Waals surface area contributed by atoms with Gasteiger partial charge in [-0.2, -0.15) is 0 Å². The number of alkyl carbamates (subject to hydrolysis) is 1. The van der Waals surface area contributed by atoms with Gasteiger partial charge in [-0.25, -0.2) is 9.59 Å². The number of hydrogen-bond donors (Lipinski definition) is 1. The first-order valence-corrected chi connectivity index (χ1v) is 16.5. The van der Waals surface area contributed by atoms with Crippen LogP contribution in [0.2, 0.25) is 0 Å². The number of amides is 3. The van der Waals surface area contributed by atoms with Gasteiger partial charge in [-0.3, -0.25) is 4.79 Å². The molecule has 1 aliphatic rings. The van der Waals surface area contributed by atoms with Crippen LogP contribution < -0.4 is 14.8 Å². The maximum Gasteiger partial charge on any atom is 0.410 e. The maximum absolute atomic E-state index is 14.2. The van der Waals surface area contributed by atoms with Crippen molar-refractivity contribution in [2.75, 3.05) is 53.6 Å². The van der Waals surface area contributed by atoms with Crippen molar-refractivity contribution < 1.29 is 38.1 Å². The van der Waals surface area contributed by atoms with E-state index < -0.39 is 23.9 Å². The van der Waals surface area contributed by atoms with E-state index in [1.165, 1.54) is 0 Å². The molecule has 3 atom stereocenters. The number of ether oxygens (including phenoxy) is 5. The zero-order chi connectivity index (χ0) is 34.6. The Labute approximate surface area is 279 Å². The molecule has 11 nitrogen and oxygen atoms in total. The molecular formula is C36H53N3O8. The van der Waals surface area contributed by atoms with Crippen LogP contribution in [0.4, 0.5) is 9.59 Å². The summed E-state index contributed by atoms with van der Waals surface area (Å²) in [5.74, 6) is 0.270. The van der Waals surface area contributed by atoms with Crippen LogP contribution in [0.1, 0.15) is 76.4 Å². The van der Waals surface area contributed by atoms with Gasteiger partial charge in [-0.05, 0) is 64.8 Å². The van der Waals surface area contributed by atoms with E-state index in [2.05, 4.69) is 5.32 Å². The molecule has 0 saturated carbocycles. The van der Waals surface area contributed by atoms with E-state index in [9.17, 15) is 14.4 Å². The molecule has 0 bridgehead atoms. The van der Waals surface area contributed by atoms with Gasteiger partial charge in [0.1, 0.15) is 11.7 Å². The highest BCUT2D eigenvalue weighted by molar-refractivity contribution is 5.95. The molecule has 0 radical (unpaired) electrons. The monoisotopic (exact) mass is 655 g/mol. The van der Waals surface area contributed by atoms with Crippen molar-refractivity contribution in [3.63, 3.8) is 0 Å². The summed E-state index contributed by atoms with van der Waals surface area (Å²) in [5, 5.41) is 2.81. The Hall–Kier alpha value is -3.99. The smallest absolute Gasteiger partial charge is 0.410 e. The number of rotatable bonds is 15. The summed E-state index contributed by atoms with van der Waals surface area (Å²) >= 11 is 0. The summed E-state index contributed by atoms with van der Waals surface area (Å²) in [5.41, 5.74) is 0.583. The molecule has 0 unspecified atom stereocenters. The van der Waals surface area contributed by atoms with Crippen LogP contribution >= 0.6 is 0 Å².